The van der Waals surface area contributed by atoms with Crippen LogP contribution in [0.5, 0.6) is 0 Å². The van der Waals surface area contributed by atoms with Crippen LogP contribution >= 0.6 is 0 Å². The summed E-state index contributed by atoms with van der Waals surface area (Å²) in [4.78, 5) is 13.2. The molecule has 1 aliphatic heterocycles. The highest BCUT2D eigenvalue weighted by atomic mass is 16.7. The molecule has 0 bridgehead atoms. The molecule has 1 amide bonds. The predicted molar refractivity (Wildman–Crippen MR) is 321 cm³/mol. The SMILES string of the molecule is CCCCCCCCC/C=C/CC/C=C/CC/C=C/CCCC(O)C(O)C(COC1OC(CO)C(O)C(O)C1O)NC(=O)C(O)CCCCCCCCCCCCCCCC/C=C\C/C=C\CCCCCCCCCCC. The van der Waals surface area contributed by atoms with Crippen molar-refractivity contribution in [2.24, 2.45) is 0 Å². The van der Waals surface area contributed by atoms with E-state index >= 15 is 0 Å². The van der Waals surface area contributed by atoms with Crippen LogP contribution in [0.4, 0.5) is 0 Å². The number of rotatable bonds is 55. The molecule has 9 atom stereocenters. The van der Waals surface area contributed by atoms with Crippen LogP contribution in [-0.2, 0) is 14.3 Å². The van der Waals surface area contributed by atoms with Gasteiger partial charge in [-0.2, -0.15) is 0 Å². The second kappa shape index (κ2) is 54.4. The number of carbonyl (C=O) groups is 1. The Morgan fingerprint density at radius 1 is 0.455 bits per heavy atom. The van der Waals surface area contributed by atoms with Crippen LogP contribution in [0.15, 0.2) is 60.8 Å². The van der Waals surface area contributed by atoms with E-state index in [2.05, 4.69) is 79.9 Å². The minimum Gasteiger partial charge on any atom is -0.394 e. The van der Waals surface area contributed by atoms with Crippen LogP contribution in [-0.4, -0.2) is 110 Å². The molecule has 1 fully saturated rings. The number of nitrogens with one attached hydrogen (secondary N) is 1. The lowest BCUT2D eigenvalue weighted by atomic mass is 9.98. The van der Waals surface area contributed by atoms with Gasteiger partial charge in [0.25, 0.3) is 0 Å². The smallest absolute Gasteiger partial charge is 0.249 e. The molecule has 1 aliphatic rings. The Balaban J connectivity index is 2.27. The summed E-state index contributed by atoms with van der Waals surface area (Å²) < 4.78 is 11.1. The van der Waals surface area contributed by atoms with Gasteiger partial charge in [0.05, 0.1) is 25.4 Å². The van der Waals surface area contributed by atoms with E-state index in [-0.39, 0.29) is 12.8 Å². The molecule has 9 unspecified atom stereocenters. The first-order valence-electron chi connectivity index (χ1n) is 32.2. The summed E-state index contributed by atoms with van der Waals surface area (Å²) in [7, 11) is 0. The molecule has 11 heteroatoms. The van der Waals surface area contributed by atoms with Gasteiger partial charge in [-0.05, 0) is 96.3 Å². The van der Waals surface area contributed by atoms with Crippen molar-refractivity contribution in [3.05, 3.63) is 60.8 Å². The highest BCUT2D eigenvalue weighted by molar-refractivity contribution is 5.80. The molecule has 0 aromatic heterocycles. The first kappa shape index (κ1) is 72.8. The average Bonchev–Trinajstić information content (AvgIpc) is 3.43. The summed E-state index contributed by atoms with van der Waals surface area (Å²) in [6, 6.07) is -1.20. The second-order valence-electron chi connectivity index (χ2n) is 22.5. The molecule has 450 valence electrons. The molecule has 1 rings (SSSR count). The fourth-order valence-electron chi connectivity index (χ4n) is 10.0. The van der Waals surface area contributed by atoms with E-state index in [0.717, 1.165) is 51.4 Å². The molecule has 0 aromatic carbocycles. The maximum Gasteiger partial charge on any atom is 0.249 e. The number of aliphatic hydroxyl groups is 7. The van der Waals surface area contributed by atoms with Crippen LogP contribution in [0.2, 0.25) is 0 Å². The first-order chi connectivity index (χ1) is 37.7. The largest absolute Gasteiger partial charge is 0.394 e. The molecule has 77 heavy (non-hydrogen) atoms. The minimum atomic E-state index is -1.68. The molecule has 11 nitrogen and oxygen atoms in total. The van der Waals surface area contributed by atoms with Crippen molar-refractivity contribution in [3.63, 3.8) is 0 Å². The molecule has 0 saturated carbocycles. The van der Waals surface area contributed by atoms with Gasteiger partial charge < -0.3 is 50.5 Å². The van der Waals surface area contributed by atoms with Crippen molar-refractivity contribution >= 4 is 5.91 Å². The Morgan fingerprint density at radius 3 is 1.23 bits per heavy atom. The van der Waals surface area contributed by atoms with Crippen LogP contribution < -0.4 is 5.32 Å². The van der Waals surface area contributed by atoms with Gasteiger partial charge in [-0.25, -0.2) is 0 Å². The zero-order valence-corrected chi connectivity index (χ0v) is 49.4. The normalized spacial score (nSPS) is 19.9. The summed E-state index contributed by atoms with van der Waals surface area (Å²) in [5, 5.41) is 76.3. The van der Waals surface area contributed by atoms with Crippen molar-refractivity contribution < 1.29 is 50.0 Å². The molecule has 1 saturated heterocycles. The van der Waals surface area contributed by atoms with E-state index in [1.54, 1.807) is 0 Å². The lowest BCUT2D eigenvalue weighted by Crippen LogP contribution is -2.60. The topological polar surface area (TPSA) is 189 Å². The number of hydrogen-bond donors (Lipinski definition) is 8. The predicted octanol–water partition coefficient (Wildman–Crippen LogP) is 14.6. The van der Waals surface area contributed by atoms with E-state index in [1.165, 1.54) is 186 Å². The monoisotopic (exact) mass is 1090 g/mol. The van der Waals surface area contributed by atoms with E-state index in [1.807, 2.05) is 0 Å². The fraction of sp³-hybridized carbons (Fsp3) is 0.833. The zero-order valence-electron chi connectivity index (χ0n) is 49.4. The Bertz CT molecular complexity index is 1430. The van der Waals surface area contributed by atoms with Gasteiger partial charge in [-0.15, -0.1) is 0 Å². The summed E-state index contributed by atoms with van der Waals surface area (Å²) in [5.74, 6) is -0.712. The molecule has 0 spiro atoms. The van der Waals surface area contributed by atoms with Crippen molar-refractivity contribution in [1.29, 1.82) is 0 Å². The van der Waals surface area contributed by atoms with Crippen molar-refractivity contribution in [3.8, 4) is 0 Å². The molecular weight excluding hydrogens is 967 g/mol. The highest BCUT2D eigenvalue weighted by Gasteiger charge is 2.44. The standard InChI is InChI=1S/C66H121NO10/c1-3-5-7-9-11-13-15-17-19-21-23-25-26-27-28-29-30-31-32-33-34-36-38-40-42-44-46-48-50-52-54-59(70)65(75)67-57(56-76-66-64(74)63(73)62(72)60(55-68)77-66)61(71)58(69)53-51-49-47-45-43-41-39-37-35-24-22-20-18-16-14-12-10-8-6-4-2/h20,22-23,25,27-28,37,39,45,47,57-64,66,68-74H,3-19,21,24,26,29-36,38,40-44,46,48-56H2,1-2H3,(H,67,75)/b22-20+,25-23-,28-27-,39-37+,47-45+. The van der Waals surface area contributed by atoms with Crippen LogP contribution in [0.25, 0.3) is 0 Å². The first-order valence-corrected chi connectivity index (χ1v) is 32.2. The second-order valence-corrected chi connectivity index (χ2v) is 22.5. The van der Waals surface area contributed by atoms with Crippen LogP contribution in [0.1, 0.15) is 284 Å². The maximum absolute atomic E-state index is 13.2. The molecule has 0 aromatic rings. The summed E-state index contributed by atoms with van der Waals surface area (Å²) in [6.07, 6.45) is 60.0. The minimum absolute atomic E-state index is 0.240. The summed E-state index contributed by atoms with van der Waals surface area (Å²) >= 11 is 0. The van der Waals surface area contributed by atoms with Crippen molar-refractivity contribution in [1.82, 2.24) is 5.32 Å². The third-order valence-corrected chi connectivity index (χ3v) is 15.2. The van der Waals surface area contributed by atoms with Crippen LogP contribution in [0.3, 0.4) is 0 Å². The van der Waals surface area contributed by atoms with E-state index in [9.17, 15) is 40.5 Å². The number of allylic oxidation sites excluding steroid dienone is 10. The van der Waals surface area contributed by atoms with Gasteiger partial charge in [0.2, 0.25) is 5.91 Å². The summed E-state index contributed by atoms with van der Waals surface area (Å²) in [6.45, 7) is 3.45. The number of amides is 1. The fourth-order valence-corrected chi connectivity index (χ4v) is 10.0. The Kier molecular flexibility index (Phi) is 51.4. The molecule has 0 aliphatic carbocycles. The lowest BCUT2D eigenvalue weighted by molar-refractivity contribution is -0.303. The number of hydrogen-bond acceptors (Lipinski definition) is 10. The van der Waals surface area contributed by atoms with Gasteiger partial charge in [0, 0.05) is 0 Å². The zero-order chi connectivity index (χ0) is 56.1. The van der Waals surface area contributed by atoms with Crippen LogP contribution in [0, 0.1) is 0 Å². The van der Waals surface area contributed by atoms with Crippen molar-refractivity contribution in [2.75, 3.05) is 13.2 Å². The highest BCUT2D eigenvalue weighted by Crippen LogP contribution is 2.23. The molecular formula is C66H121NO10. The van der Waals surface area contributed by atoms with Crippen molar-refractivity contribution in [2.45, 2.75) is 339 Å². The van der Waals surface area contributed by atoms with Gasteiger partial charge in [-0.1, -0.05) is 248 Å². The number of ether oxygens (including phenoxy) is 2. The summed E-state index contributed by atoms with van der Waals surface area (Å²) in [5.41, 5.74) is 0. The molecule has 0 radical (unpaired) electrons. The number of unbranched alkanes of at least 4 members (excludes halogenated alkanes) is 33. The third-order valence-electron chi connectivity index (χ3n) is 15.2. The van der Waals surface area contributed by atoms with Gasteiger partial charge in [-0.3, -0.25) is 4.79 Å². The Labute approximate surface area is 472 Å². The van der Waals surface area contributed by atoms with Gasteiger partial charge in [0.15, 0.2) is 6.29 Å². The van der Waals surface area contributed by atoms with Gasteiger partial charge in [0.1, 0.15) is 36.6 Å². The molecule has 1 heterocycles. The third kappa shape index (κ3) is 42.3. The number of aliphatic hydroxyl groups excluding tert-OH is 7. The molecule has 8 N–H and O–H groups in total. The number of carbonyl (C=O) groups excluding carboxylic acids is 1. The Hall–Kier alpha value is -2.19. The van der Waals surface area contributed by atoms with E-state index < -0.39 is 74.2 Å². The van der Waals surface area contributed by atoms with E-state index in [0.29, 0.717) is 19.3 Å². The van der Waals surface area contributed by atoms with Gasteiger partial charge >= 0.3 is 0 Å². The maximum atomic E-state index is 13.2. The van der Waals surface area contributed by atoms with E-state index in [4.69, 9.17) is 9.47 Å². The lowest BCUT2D eigenvalue weighted by Gasteiger charge is -2.40. The quantitative estimate of drug-likeness (QED) is 0.0215. The Morgan fingerprint density at radius 2 is 0.818 bits per heavy atom. The average molecular weight is 1090 g/mol.